The summed E-state index contributed by atoms with van der Waals surface area (Å²) >= 11 is 0. The molecule has 0 amide bonds. The molecule has 0 radical (unpaired) electrons. The Morgan fingerprint density at radius 2 is 1.43 bits per heavy atom. The molecule has 0 aromatic carbocycles. The van der Waals surface area contributed by atoms with E-state index in [-0.39, 0.29) is 5.41 Å². The molecular formula is C14H26. The highest BCUT2D eigenvalue weighted by atomic mass is 14.2. The molecular weight excluding hydrogens is 168 g/mol. The second kappa shape index (κ2) is 7.92. The lowest BCUT2D eigenvalue weighted by atomic mass is 9.88. The molecule has 0 atom stereocenters. The number of rotatable bonds is 8. The summed E-state index contributed by atoms with van der Waals surface area (Å²) in [5.41, 5.74) is 0.115. The number of hydrogen-bond donors (Lipinski definition) is 0. The van der Waals surface area contributed by atoms with Crippen molar-refractivity contribution >= 4 is 0 Å². The highest BCUT2D eigenvalue weighted by molar-refractivity contribution is 4.99. The van der Waals surface area contributed by atoms with Crippen molar-refractivity contribution in [3.8, 4) is 12.3 Å². The molecule has 0 aliphatic carbocycles. The zero-order valence-corrected chi connectivity index (χ0v) is 10.2. The summed E-state index contributed by atoms with van der Waals surface area (Å²) in [6.07, 6.45) is 16.2. The van der Waals surface area contributed by atoms with Crippen LogP contribution in [0, 0.1) is 17.8 Å². The number of terminal acetylenes is 1. The van der Waals surface area contributed by atoms with Crippen molar-refractivity contribution in [3.63, 3.8) is 0 Å². The van der Waals surface area contributed by atoms with Crippen molar-refractivity contribution in [2.45, 2.75) is 72.1 Å². The Balaban J connectivity index is 3.18. The van der Waals surface area contributed by atoms with Gasteiger partial charge in [0.25, 0.3) is 0 Å². The molecule has 0 rings (SSSR count). The minimum Gasteiger partial charge on any atom is -0.120 e. The minimum atomic E-state index is 0.115. The Kier molecular flexibility index (Phi) is 7.67. The predicted molar refractivity (Wildman–Crippen MR) is 65.2 cm³/mol. The molecule has 0 aliphatic rings. The average Bonchev–Trinajstić information content (AvgIpc) is 2.16. The smallest absolute Gasteiger partial charge is 0.0255 e. The maximum Gasteiger partial charge on any atom is 0.0255 e. The number of unbranched alkanes of at least 4 members (excludes halogenated alkanes) is 6. The van der Waals surface area contributed by atoms with E-state index < -0.39 is 0 Å². The van der Waals surface area contributed by atoms with Crippen molar-refractivity contribution in [1.29, 1.82) is 0 Å². The van der Waals surface area contributed by atoms with E-state index in [9.17, 15) is 0 Å². The van der Waals surface area contributed by atoms with Crippen LogP contribution in [0.25, 0.3) is 0 Å². The Labute approximate surface area is 90.5 Å². The normalized spacial score (nSPS) is 11.3. The van der Waals surface area contributed by atoms with Crippen molar-refractivity contribution in [2.75, 3.05) is 0 Å². The molecule has 0 nitrogen and oxygen atoms in total. The van der Waals surface area contributed by atoms with Crippen LogP contribution < -0.4 is 0 Å². The van der Waals surface area contributed by atoms with Crippen molar-refractivity contribution < 1.29 is 0 Å². The standard InChI is InChI=1S/C14H26/c1-5-7-8-9-10-11-12-13-14(3,4)6-2/h2H,5,7-13H2,1,3-4H3. The van der Waals surface area contributed by atoms with E-state index in [2.05, 4.69) is 26.7 Å². The maximum atomic E-state index is 5.44. The van der Waals surface area contributed by atoms with Gasteiger partial charge in [-0.2, -0.15) is 0 Å². The van der Waals surface area contributed by atoms with Crippen LogP contribution in [-0.4, -0.2) is 0 Å². The fourth-order valence-electron chi connectivity index (χ4n) is 1.60. The van der Waals surface area contributed by atoms with Crippen LogP contribution in [0.1, 0.15) is 72.1 Å². The van der Waals surface area contributed by atoms with E-state index >= 15 is 0 Å². The highest BCUT2D eigenvalue weighted by Gasteiger charge is 2.12. The summed E-state index contributed by atoms with van der Waals surface area (Å²) in [5, 5.41) is 0. The Morgan fingerprint density at radius 3 is 1.93 bits per heavy atom. The van der Waals surface area contributed by atoms with Gasteiger partial charge in [-0.25, -0.2) is 0 Å². The molecule has 0 aliphatic heterocycles. The largest absolute Gasteiger partial charge is 0.120 e. The fourth-order valence-corrected chi connectivity index (χ4v) is 1.60. The third-order valence-corrected chi connectivity index (χ3v) is 2.80. The van der Waals surface area contributed by atoms with E-state index in [1.54, 1.807) is 0 Å². The molecule has 14 heavy (non-hydrogen) atoms. The van der Waals surface area contributed by atoms with E-state index in [1.165, 1.54) is 51.4 Å². The predicted octanol–water partition coefficient (Wildman–Crippen LogP) is 4.79. The minimum absolute atomic E-state index is 0.115. The van der Waals surface area contributed by atoms with Gasteiger partial charge >= 0.3 is 0 Å². The summed E-state index contributed by atoms with van der Waals surface area (Å²) in [4.78, 5) is 0. The van der Waals surface area contributed by atoms with Gasteiger partial charge in [-0.15, -0.1) is 12.3 Å². The van der Waals surface area contributed by atoms with E-state index in [1.807, 2.05) is 0 Å². The first-order valence-corrected chi connectivity index (χ1v) is 6.10. The summed E-state index contributed by atoms with van der Waals surface area (Å²) in [5.74, 6) is 2.85. The van der Waals surface area contributed by atoms with E-state index in [0.29, 0.717) is 0 Å². The van der Waals surface area contributed by atoms with Crippen LogP contribution in [0.3, 0.4) is 0 Å². The van der Waals surface area contributed by atoms with Crippen molar-refractivity contribution in [1.82, 2.24) is 0 Å². The van der Waals surface area contributed by atoms with Gasteiger partial charge in [0, 0.05) is 5.41 Å². The average molecular weight is 194 g/mol. The maximum absolute atomic E-state index is 5.44. The molecule has 0 fully saturated rings. The second-order valence-electron chi connectivity index (χ2n) is 4.90. The summed E-state index contributed by atoms with van der Waals surface area (Å²) in [6.45, 7) is 6.57. The Bertz CT molecular complexity index is 159. The topological polar surface area (TPSA) is 0 Å². The highest BCUT2D eigenvalue weighted by Crippen LogP contribution is 2.22. The fraction of sp³-hybridized carbons (Fsp3) is 0.857. The van der Waals surface area contributed by atoms with Gasteiger partial charge < -0.3 is 0 Å². The quantitative estimate of drug-likeness (QED) is 0.385. The van der Waals surface area contributed by atoms with Crippen LogP contribution in [-0.2, 0) is 0 Å². The summed E-state index contributed by atoms with van der Waals surface area (Å²) in [6, 6.07) is 0. The Hall–Kier alpha value is -0.440. The van der Waals surface area contributed by atoms with Crippen molar-refractivity contribution in [2.24, 2.45) is 5.41 Å². The van der Waals surface area contributed by atoms with Gasteiger partial charge in [-0.1, -0.05) is 51.9 Å². The second-order valence-corrected chi connectivity index (χ2v) is 4.90. The summed E-state index contributed by atoms with van der Waals surface area (Å²) < 4.78 is 0. The molecule has 0 N–H and O–H groups in total. The molecule has 0 aromatic rings. The molecule has 0 saturated carbocycles. The molecule has 82 valence electrons. The van der Waals surface area contributed by atoms with Gasteiger partial charge in [0.1, 0.15) is 0 Å². The van der Waals surface area contributed by atoms with Crippen LogP contribution in [0.4, 0.5) is 0 Å². The van der Waals surface area contributed by atoms with Crippen LogP contribution in [0.5, 0.6) is 0 Å². The molecule has 0 aromatic heterocycles. The molecule has 0 unspecified atom stereocenters. The zero-order valence-electron chi connectivity index (χ0n) is 10.2. The molecule has 0 bridgehead atoms. The SMILES string of the molecule is C#CC(C)(C)CCCCCCCCC. The van der Waals surface area contributed by atoms with Gasteiger partial charge in [-0.3, -0.25) is 0 Å². The molecule has 0 spiro atoms. The van der Waals surface area contributed by atoms with Gasteiger partial charge in [0.05, 0.1) is 0 Å². The third-order valence-electron chi connectivity index (χ3n) is 2.80. The lowest BCUT2D eigenvalue weighted by molar-refractivity contribution is 0.424. The summed E-state index contributed by atoms with van der Waals surface area (Å²) in [7, 11) is 0. The molecule has 0 saturated heterocycles. The van der Waals surface area contributed by atoms with Gasteiger partial charge in [0.15, 0.2) is 0 Å². The lowest BCUT2D eigenvalue weighted by Gasteiger charge is -2.16. The van der Waals surface area contributed by atoms with Crippen molar-refractivity contribution in [3.05, 3.63) is 0 Å². The lowest BCUT2D eigenvalue weighted by Crippen LogP contribution is -2.06. The van der Waals surface area contributed by atoms with E-state index in [0.717, 1.165) is 0 Å². The van der Waals surface area contributed by atoms with Crippen LogP contribution in [0.15, 0.2) is 0 Å². The van der Waals surface area contributed by atoms with Crippen LogP contribution in [0.2, 0.25) is 0 Å². The van der Waals surface area contributed by atoms with Gasteiger partial charge in [0.2, 0.25) is 0 Å². The Morgan fingerprint density at radius 1 is 0.929 bits per heavy atom. The monoisotopic (exact) mass is 194 g/mol. The van der Waals surface area contributed by atoms with Crippen LogP contribution >= 0.6 is 0 Å². The third kappa shape index (κ3) is 8.17. The number of hydrogen-bond acceptors (Lipinski definition) is 0. The molecule has 0 heterocycles. The first kappa shape index (κ1) is 13.6. The first-order chi connectivity index (χ1) is 6.62. The molecule has 0 heteroatoms. The zero-order chi connectivity index (χ0) is 10.9. The first-order valence-electron chi connectivity index (χ1n) is 6.10. The van der Waals surface area contributed by atoms with Gasteiger partial charge in [-0.05, 0) is 20.3 Å². The van der Waals surface area contributed by atoms with E-state index in [4.69, 9.17) is 6.42 Å².